The Kier molecular flexibility index (Phi) is 2.79. The van der Waals surface area contributed by atoms with Crippen molar-refractivity contribution in [2.75, 3.05) is 0 Å². The van der Waals surface area contributed by atoms with Gasteiger partial charge in [-0.25, -0.2) is 0 Å². The number of halogens is 1. The first kappa shape index (κ1) is 10.3. The summed E-state index contributed by atoms with van der Waals surface area (Å²) < 4.78 is 1.05. The van der Waals surface area contributed by atoms with Gasteiger partial charge in [-0.3, -0.25) is 0 Å². The maximum Gasteiger partial charge on any atom is 0.0730 e. The van der Waals surface area contributed by atoms with E-state index in [1.54, 1.807) is 0 Å². The summed E-state index contributed by atoms with van der Waals surface area (Å²) in [6.45, 7) is 2.03. The van der Waals surface area contributed by atoms with Gasteiger partial charge in [0.2, 0.25) is 0 Å². The van der Waals surface area contributed by atoms with E-state index >= 15 is 0 Å². The summed E-state index contributed by atoms with van der Waals surface area (Å²) in [5.74, 6) is -0.0203. The molecule has 1 aromatic heterocycles. The van der Waals surface area contributed by atoms with Crippen LogP contribution < -0.4 is 0 Å². The minimum Gasteiger partial charge on any atom is -0.361 e. The second-order valence-corrected chi connectivity index (χ2v) is 4.44. The molecule has 1 atom stereocenters. The fourth-order valence-corrected chi connectivity index (χ4v) is 2.14. The number of benzene rings is 1. The monoisotopic (exact) mass is 262 g/mol. The van der Waals surface area contributed by atoms with Gasteiger partial charge in [0.15, 0.2) is 0 Å². The van der Waals surface area contributed by atoms with E-state index < -0.39 is 0 Å². The van der Waals surface area contributed by atoms with E-state index in [-0.39, 0.29) is 5.92 Å². The Morgan fingerprint density at radius 1 is 1.53 bits per heavy atom. The van der Waals surface area contributed by atoms with Crippen molar-refractivity contribution < 1.29 is 0 Å². The molecular formula is C12H11BrN2. The number of fused-ring (bicyclic) bond motifs is 1. The Bertz CT molecular complexity index is 522. The van der Waals surface area contributed by atoms with Crippen LogP contribution in [0.3, 0.4) is 0 Å². The van der Waals surface area contributed by atoms with E-state index in [9.17, 15) is 0 Å². The van der Waals surface area contributed by atoms with Gasteiger partial charge in [0, 0.05) is 21.6 Å². The number of rotatable bonds is 2. The van der Waals surface area contributed by atoms with Crippen molar-refractivity contribution in [3.63, 3.8) is 0 Å². The molecule has 1 unspecified atom stereocenters. The molecule has 2 nitrogen and oxygen atoms in total. The van der Waals surface area contributed by atoms with Gasteiger partial charge in [-0.15, -0.1) is 0 Å². The first-order valence-corrected chi connectivity index (χ1v) is 5.71. The summed E-state index contributed by atoms with van der Waals surface area (Å²) >= 11 is 3.45. The minimum atomic E-state index is -0.0203. The van der Waals surface area contributed by atoms with Gasteiger partial charge in [-0.2, -0.15) is 5.26 Å². The summed E-state index contributed by atoms with van der Waals surface area (Å²) in [7, 11) is 0. The van der Waals surface area contributed by atoms with Crippen molar-refractivity contribution in [3.8, 4) is 6.07 Å². The Hall–Kier alpha value is -1.27. The van der Waals surface area contributed by atoms with Crippen molar-refractivity contribution in [2.24, 2.45) is 0 Å². The highest BCUT2D eigenvalue weighted by Gasteiger charge is 2.13. The van der Waals surface area contributed by atoms with Crippen LogP contribution in [0.4, 0.5) is 0 Å². The van der Waals surface area contributed by atoms with Crippen LogP contribution in [0.1, 0.15) is 24.8 Å². The molecule has 1 N–H and O–H groups in total. The van der Waals surface area contributed by atoms with Gasteiger partial charge in [-0.05, 0) is 30.2 Å². The second-order valence-electron chi connectivity index (χ2n) is 3.52. The largest absolute Gasteiger partial charge is 0.361 e. The van der Waals surface area contributed by atoms with Crippen LogP contribution in [0, 0.1) is 11.3 Å². The predicted molar refractivity (Wildman–Crippen MR) is 64.6 cm³/mol. The van der Waals surface area contributed by atoms with Gasteiger partial charge < -0.3 is 4.98 Å². The summed E-state index contributed by atoms with van der Waals surface area (Å²) in [5, 5.41) is 10.2. The lowest BCUT2D eigenvalue weighted by Crippen LogP contribution is -1.91. The molecule has 76 valence electrons. The first-order valence-electron chi connectivity index (χ1n) is 4.92. The number of hydrogen-bond acceptors (Lipinski definition) is 1. The smallest absolute Gasteiger partial charge is 0.0730 e. The van der Waals surface area contributed by atoms with Crippen LogP contribution in [0.15, 0.2) is 28.9 Å². The third-order valence-electron chi connectivity index (χ3n) is 2.62. The zero-order valence-electron chi connectivity index (χ0n) is 8.42. The Morgan fingerprint density at radius 3 is 3.00 bits per heavy atom. The van der Waals surface area contributed by atoms with E-state index in [0.29, 0.717) is 0 Å². The van der Waals surface area contributed by atoms with Crippen molar-refractivity contribution >= 4 is 26.8 Å². The van der Waals surface area contributed by atoms with Crippen molar-refractivity contribution in [3.05, 3.63) is 34.4 Å². The van der Waals surface area contributed by atoms with Gasteiger partial charge >= 0.3 is 0 Å². The van der Waals surface area contributed by atoms with Crippen LogP contribution in [0.5, 0.6) is 0 Å². The lowest BCUT2D eigenvalue weighted by atomic mass is 9.98. The van der Waals surface area contributed by atoms with E-state index in [2.05, 4.69) is 33.0 Å². The molecule has 0 amide bonds. The lowest BCUT2D eigenvalue weighted by molar-refractivity contribution is 0.825. The summed E-state index contributed by atoms with van der Waals surface area (Å²) in [6, 6.07) is 8.40. The number of H-pyrrole nitrogens is 1. The number of aromatic nitrogens is 1. The third kappa shape index (κ3) is 1.78. The molecule has 1 heterocycles. The summed E-state index contributed by atoms with van der Waals surface area (Å²) in [4.78, 5) is 3.19. The number of hydrogen-bond donors (Lipinski definition) is 1. The van der Waals surface area contributed by atoms with E-state index in [0.717, 1.165) is 27.4 Å². The molecule has 0 aliphatic rings. The second kappa shape index (κ2) is 4.08. The standard InChI is InChI=1S/C12H11BrN2/c1-2-8(6-14)11-7-15-12-4-3-9(13)5-10(11)12/h3-5,7-8,15H,2H2,1H3. The topological polar surface area (TPSA) is 39.6 Å². The molecular weight excluding hydrogens is 252 g/mol. The maximum absolute atomic E-state index is 9.05. The number of nitrogens with one attached hydrogen (secondary N) is 1. The van der Waals surface area contributed by atoms with Crippen molar-refractivity contribution in [1.82, 2.24) is 4.98 Å². The molecule has 2 aromatic rings. The maximum atomic E-state index is 9.05. The van der Waals surface area contributed by atoms with Gasteiger partial charge in [0.25, 0.3) is 0 Å². The lowest BCUT2D eigenvalue weighted by Gasteiger charge is -2.03. The summed E-state index contributed by atoms with van der Waals surface area (Å²) in [5.41, 5.74) is 2.18. The van der Waals surface area contributed by atoms with Crippen LogP contribution in [-0.2, 0) is 0 Å². The number of nitrogens with zero attached hydrogens (tertiary/aromatic N) is 1. The van der Waals surface area contributed by atoms with Gasteiger partial charge in [0.1, 0.15) is 0 Å². The fraction of sp³-hybridized carbons (Fsp3) is 0.250. The molecule has 15 heavy (non-hydrogen) atoms. The zero-order valence-corrected chi connectivity index (χ0v) is 10.0. The van der Waals surface area contributed by atoms with E-state index in [1.807, 2.05) is 25.3 Å². The Balaban J connectivity index is 2.62. The van der Waals surface area contributed by atoms with Crippen LogP contribution in [0.25, 0.3) is 10.9 Å². The highest BCUT2D eigenvalue weighted by Crippen LogP contribution is 2.29. The summed E-state index contributed by atoms with van der Waals surface area (Å²) in [6.07, 6.45) is 2.78. The zero-order chi connectivity index (χ0) is 10.8. The van der Waals surface area contributed by atoms with Crippen molar-refractivity contribution in [2.45, 2.75) is 19.3 Å². The third-order valence-corrected chi connectivity index (χ3v) is 3.11. The number of aromatic amines is 1. The number of nitriles is 1. The van der Waals surface area contributed by atoms with Crippen molar-refractivity contribution in [1.29, 1.82) is 5.26 Å². The highest BCUT2D eigenvalue weighted by molar-refractivity contribution is 9.10. The molecule has 0 saturated heterocycles. The molecule has 0 aliphatic heterocycles. The molecule has 0 bridgehead atoms. The molecule has 0 saturated carbocycles. The Labute approximate surface area is 97.0 Å². The molecule has 0 fully saturated rings. The van der Waals surface area contributed by atoms with Gasteiger partial charge in [0.05, 0.1) is 12.0 Å². The minimum absolute atomic E-state index is 0.0203. The fourth-order valence-electron chi connectivity index (χ4n) is 1.78. The molecule has 0 aliphatic carbocycles. The molecule has 0 radical (unpaired) electrons. The highest BCUT2D eigenvalue weighted by atomic mass is 79.9. The predicted octanol–water partition coefficient (Wildman–Crippen LogP) is 3.95. The van der Waals surface area contributed by atoms with E-state index in [4.69, 9.17) is 5.26 Å². The van der Waals surface area contributed by atoms with Gasteiger partial charge in [-0.1, -0.05) is 22.9 Å². The van der Waals surface area contributed by atoms with Crippen LogP contribution in [0.2, 0.25) is 0 Å². The SMILES string of the molecule is CCC(C#N)c1c[nH]c2ccc(Br)cc12. The Morgan fingerprint density at radius 2 is 2.33 bits per heavy atom. The van der Waals surface area contributed by atoms with E-state index in [1.165, 1.54) is 0 Å². The molecule has 1 aromatic carbocycles. The van der Waals surface area contributed by atoms with Crippen LogP contribution in [-0.4, -0.2) is 4.98 Å². The first-order chi connectivity index (χ1) is 7.26. The quantitative estimate of drug-likeness (QED) is 0.875. The molecule has 2 rings (SSSR count). The average Bonchev–Trinajstić information content (AvgIpc) is 2.64. The average molecular weight is 263 g/mol. The normalized spacial score (nSPS) is 12.6. The van der Waals surface area contributed by atoms with Crippen LogP contribution >= 0.6 is 15.9 Å². The molecule has 0 spiro atoms. The molecule has 3 heteroatoms.